The van der Waals surface area contributed by atoms with Crippen LogP contribution < -0.4 is 31.9 Å². The molecule has 2 unspecified atom stereocenters. The van der Waals surface area contributed by atoms with Gasteiger partial charge in [0.1, 0.15) is 17.1 Å². The van der Waals surface area contributed by atoms with Gasteiger partial charge < -0.3 is 40.8 Å². The summed E-state index contributed by atoms with van der Waals surface area (Å²) in [7, 11) is -3.56. The summed E-state index contributed by atoms with van der Waals surface area (Å²) in [5.74, 6) is -2.64. The number of sulfone groups is 1. The van der Waals surface area contributed by atoms with E-state index in [1.807, 2.05) is 24.3 Å². The van der Waals surface area contributed by atoms with Crippen molar-refractivity contribution in [2.75, 3.05) is 93.2 Å². The molecule has 4 heterocycles. The third-order valence-electron chi connectivity index (χ3n) is 11.7. The molecule has 0 aliphatic carbocycles. The molecule has 362 valence electrons. The molecular formula is C46H55ClN10O10S. The van der Waals surface area contributed by atoms with Gasteiger partial charge in [-0.3, -0.25) is 39.1 Å². The number of amides is 5. The molecule has 1 aromatic heterocycles. The molecule has 6 N–H and O–H groups in total. The Labute approximate surface area is 399 Å². The first-order valence-corrected chi connectivity index (χ1v) is 24.2. The highest BCUT2D eigenvalue weighted by Gasteiger charge is 2.46. The van der Waals surface area contributed by atoms with Crippen molar-refractivity contribution >= 4 is 85.5 Å². The Morgan fingerprint density at radius 2 is 1.53 bits per heavy atom. The smallest absolute Gasteiger partial charge is 0.264 e. The Bertz CT molecular complexity index is 2600. The molecule has 2 atom stereocenters. The van der Waals surface area contributed by atoms with Crippen molar-refractivity contribution < 1.29 is 46.6 Å². The highest BCUT2D eigenvalue weighted by Crippen LogP contribution is 2.34. The van der Waals surface area contributed by atoms with E-state index < -0.39 is 56.7 Å². The lowest BCUT2D eigenvalue weighted by atomic mass is 10.0. The highest BCUT2D eigenvalue weighted by atomic mass is 35.5. The molecule has 20 nitrogen and oxygen atoms in total. The van der Waals surface area contributed by atoms with Crippen molar-refractivity contribution in [3.8, 4) is 0 Å². The Morgan fingerprint density at radius 3 is 2.22 bits per heavy atom. The number of ether oxygens (including phenoxy) is 3. The second-order valence-electron chi connectivity index (χ2n) is 16.5. The Balaban J connectivity index is 0.752. The summed E-state index contributed by atoms with van der Waals surface area (Å²) in [6, 6.07) is 17.2. The number of aromatic nitrogens is 2. The van der Waals surface area contributed by atoms with E-state index in [-0.39, 0.29) is 65.0 Å². The molecule has 0 saturated carbocycles. The minimum atomic E-state index is -3.56. The van der Waals surface area contributed by atoms with Crippen LogP contribution in [-0.4, -0.2) is 147 Å². The maximum Gasteiger partial charge on any atom is 0.264 e. The van der Waals surface area contributed by atoms with Gasteiger partial charge in [-0.15, -0.1) is 0 Å². The number of imide groups is 2. The van der Waals surface area contributed by atoms with Crippen LogP contribution in [0.15, 0.2) is 77.8 Å². The predicted molar refractivity (Wildman–Crippen MR) is 254 cm³/mol. The van der Waals surface area contributed by atoms with Gasteiger partial charge in [-0.2, -0.15) is 4.98 Å². The maximum atomic E-state index is 13.4. The van der Waals surface area contributed by atoms with E-state index in [2.05, 4.69) is 41.0 Å². The van der Waals surface area contributed by atoms with Gasteiger partial charge in [0, 0.05) is 62.8 Å². The highest BCUT2D eigenvalue weighted by molar-refractivity contribution is 7.92. The zero-order valence-electron chi connectivity index (χ0n) is 37.7. The second kappa shape index (κ2) is 22.7. The first-order valence-electron chi connectivity index (χ1n) is 22.3. The summed E-state index contributed by atoms with van der Waals surface area (Å²) in [4.78, 5) is 77.5. The number of nitrogens with zero attached hydrogens (tertiary/aromatic N) is 5. The number of hydrogen-bond donors (Lipinski definition) is 5. The molecule has 22 heteroatoms. The number of para-hydroxylation sites is 1. The van der Waals surface area contributed by atoms with Crippen LogP contribution in [0.3, 0.4) is 0 Å². The second-order valence-corrected chi connectivity index (χ2v) is 19.4. The number of nitrogens with one attached hydrogen (secondary N) is 4. The number of anilines is 6. The quantitative estimate of drug-likeness (QED) is 0.0524. The number of carbonyl (C=O) groups excluding carboxylic acids is 5. The zero-order chi connectivity index (χ0) is 48.4. The van der Waals surface area contributed by atoms with Crippen LogP contribution in [0.1, 0.15) is 53.8 Å². The normalized spacial score (nSPS) is 17.0. The molecule has 4 aromatic rings. The van der Waals surface area contributed by atoms with Crippen molar-refractivity contribution in [2.45, 2.75) is 55.3 Å². The van der Waals surface area contributed by atoms with Crippen LogP contribution in [0.2, 0.25) is 5.02 Å². The predicted octanol–water partition coefficient (Wildman–Crippen LogP) is 3.73. The molecule has 0 spiro atoms. The molecule has 3 aliphatic heterocycles. The van der Waals surface area contributed by atoms with E-state index in [4.69, 9.17) is 31.5 Å². The zero-order valence-corrected chi connectivity index (χ0v) is 39.3. The van der Waals surface area contributed by atoms with Crippen LogP contribution in [0, 0.1) is 0 Å². The lowest BCUT2D eigenvalue weighted by Crippen LogP contribution is -2.54. The van der Waals surface area contributed by atoms with E-state index in [9.17, 15) is 32.4 Å². The average Bonchev–Trinajstić information content (AvgIpc) is 3.58. The van der Waals surface area contributed by atoms with Crippen molar-refractivity contribution in [3.63, 3.8) is 0 Å². The van der Waals surface area contributed by atoms with Gasteiger partial charge in [0.15, 0.2) is 15.7 Å². The number of hydrogen-bond acceptors (Lipinski definition) is 17. The Morgan fingerprint density at radius 1 is 0.853 bits per heavy atom. The molecular weight excluding hydrogens is 920 g/mol. The molecule has 2 fully saturated rings. The fraction of sp³-hybridized carbons (Fsp3) is 0.413. The first-order chi connectivity index (χ1) is 32.7. The van der Waals surface area contributed by atoms with Crippen LogP contribution in [-0.2, 0) is 38.4 Å². The van der Waals surface area contributed by atoms with Crippen LogP contribution in [0.4, 0.5) is 34.5 Å². The molecule has 2 saturated heterocycles. The van der Waals surface area contributed by atoms with Gasteiger partial charge in [-0.25, -0.2) is 13.4 Å². The van der Waals surface area contributed by atoms with Crippen molar-refractivity contribution in [1.82, 2.24) is 25.1 Å². The summed E-state index contributed by atoms with van der Waals surface area (Å²) in [5, 5.41) is 11.1. The van der Waals surface area contributed by atoms with E-state index in [1.165, 1.54) is 12.3 Å². The van der Waals surface area contributed by atoms with Gasteiger partial charge in [0.05, 0.1) is 66.2 Å². The topological polar surface area (TPSA) is 257 Å². The third kappa shape index (κ3) is 12.1. The largest absolute Gasteiger partial charge is 0.379 e. The molecule has 68 heavy (non-hydrogen) atoms. The number of fused-ring (bicyclic) bond motifs is 1. The Hall–Kier alpha value is -6.23. The molecule has 0 radical (unpaired) electrons. The fourth-order valence-corrected chi connectivity index (χ4v) is 9.21. The van der Waals surface area contributed by atoms with Crippen LogP contribution in [0.25, 0.3) is 0 Å². The minimum Gasteiger partial charge on any atom is -0.379 e. The molecule has 5 amide bonds. The molecule has 0 bridgehead atoms. The summed E-state index contributed by atoms with van der Waals surface area (Å²) in [6.45, 7) is 9.66. The number of piperidine rings is 1. The van der Waals surface area contributed by atoms with Crippen molar-refractivity contribution in [2.24, 2.45) is 5.73 Å². The summed E-state index contributed by atoms with van der Waals surface area (Å²) < 4.78 is 43.0. The summed E-state index contributed by atoms with van der Waals surface area (Å²) in [6.07, 6.45) is 1.66. The number of benzene rings is 3. The van der Waals surface area contributed by atoms with Gasteiger partial charge >= 0.3 is 0 Å². The fourth-order valence-electron chi connectivity index (χ4n) is 7.87. The average molecular weight is 976 g/mol. The van der Waals surface area contributed by atoms with E-state index in [0.717, 1.165) is 49.0 Å². The van der Waals surface area contributed by atoms with Gasteiger partial charge in [-0.1, -0.05) is 29.8 Å². The van der Waals surface area contributed by atoms with Gasteiger partial charge in [-0.05, 0) is 75.2 Å². The van der Waals surface area contributed by atoms with Crippen LogP contribution >= 0.6 is 11.6 Å². The molecule has 3 aromatic carbocycles. The lowest BCUT2D eigenvalue weighted by molar-refractivity contribution is -0.136. The SMILES string of the molecule is CC(C)S(=O)(=O)c1ccccc1Nc1nc(Nc2ccc(N3CCN(CCOCCOCCOCCC(Nc4cccc5c4C(=O)N(C4CCC(=O)NC4=O)C5=O)C(N)=O)CC3)cc2)ncc1Cl. The molecule has 7 rings (SSSR count). The number of primary amides is 1. The van der Waals surface area contributed by atoms with Crippen LogP contribution in [0.5, 0.6) is 0 Å². The number of nitrogens with two attached hydrogens (primary N) is 1. The minimum absolute atomic E-state index is 0.00149. The van der Waals surface area contributed by atoms with Crippen molar-refractivity contribution in [1.29, 1.82) is 0 Å². The number of piperazine rings is 1. The van der Waals surface area contributed by atoms with E-state index in [0.29, 0.717) is 38.1 Å². The van der Waals surface area contributed by atoms with Gasteiger partial charge in [0.25, 0.3) is 11.8 Å². The van der Waals surface area contributed by atoms with Crippen molar-refractivity contribution in [3.05, 3.63) is 89.1 Å². The summed E-state index contributed by atoms with van der Waals surface area (Å²) >= 11 is 6.41. The Kier molecular flexibility index (Phi) is 16.6. The third-order valence-corrected chi connectivity index (χ3v) is 14.1. The summed E-state index contributed by atoms with van der Waals surface area (Å²) in [5.41, 5.74) is 8.24. The van der Waals surface area contributed by atoms with E-state index >= 15 is 0 Å². The number of halogens is 1. The lowest BCUT2D eigenvalue weighted by Gasteiger charge is -2.36. The standard InChI is InChI=1S/C46H55ClN10O10S/c1-29(2)68(63,64)38-9-4-3-7-34(38)52-42-33(47)28-49-46(54-42)50-30-10-12-31(13-11-30)56-19-17-55(18-20-56)21-23-66-25-27-67-26-24-65-22-16-36(41(48)59)51-35-8-5-6-32-40(35)45(62)57(44(32)61)37-14-15-39(58)53-43(37)60/h3-13,28-29,36-37,51H,14-27H2,1-2H3,(H2,48,59)(H,53,58,60)(H2,49,50,52,54). The number of carbonyl (C=O) groups is 5. The monoisotopic (exact) mass is 974 g/mol. The molecule has 3 aliphatic rings. The first kappa shape index (κ1) is 49.7. The van der Waals surface area contributed by atoms with E-state index in [1.54, 1.807) is 50.2 Å². The van der Waals surface area contributed by atoms with Gasteiger partial charge in [0.2, 0.25) is 23.7 Å². The maximum absolute atomic E-state index is 13.4. The number of rotatable bonds is 23.